The Hall–Kier alpha value is -3.01. The van der Waals surface area contributed by atoms with E-state index in [1.54, 1.807) is 15.9 Å². The molecule has 1 aliphatic heterocycles. The summed E-state index contributed by atoms with van der Waals surface area (Å²) in [7, 11) is 0. The van der Waals surface area contributed by atoms with Crippen molar-refractivity contribution in [1.29, 1.82) is 0 Å². The van der Waals surface area contributed by atoms with E-state index in [0.29, 0.717) is 36.7 Å². The summed E-state index contributed by atoms with van der Waals surface area (Å²) in [6.07, 6.45) is 0. The minimum absolute atomic E-state index is 0.0335. The molecule has 2 amide bonds. The first-order valence-electron chi connectivity index (χ1n) is 8.24. The predicted octanol–water partition coefficient (Wildman–Crippen LogP) is 2.19. The number of amides is 2. The Bertz CT molecular complexity index is 851. The average Bonchev–Trinajstić information content (AvgIpc) is 3.21. The van der Waals surface area contributed by atoms with Crippen LogP contribution in [-0.2, 0) is 4.79 Å². The largest absolute Gasteiger partial charge is 0.376 e. The molecule has 0 radical (unpaired) electrons. The van der Waals surface area contributed by atoms with E-state index in [-0.39, 0.29) is 18.4 Å². The van der Waals surface area contributed by atoms with Crippen molar-refractivity contribution in [3.05, 3.63) is 56.5 Å². The zero-order chi connectivity index (χ0) is 19.4. The van der Waals surface area contributed by atoms with E-state index in [1.165, 1.54) is 17.4 Å². The fraction of sp³-hybridized carbons (Fsp3) is 0.294. The topological polar surface area (TPSA) is 95.8 Å². The average molecular weight is 392 g/mol. The van der Waals surface area contributed by atoms with Crippen LogP contribution in [0.2, 0.25) is 0 Å². The summed E-state index contributed by atoms with van der Waals surface area (Å²) in [5.74, 6) is -1.15. The number of rotatable bonds is 5. The molecule has 1 aromatic heterocycles. The van der Waals surface area contributed by atoms with Gasteiger partial charge in [-0.2, -0.15) is 4.39 Å². The van der Waals surface area contributed by atoms with Crippen LogP contribution in [0.15, 0.2) is 35.7 Å². The van der Waals surface area contributed by atoms with Crippen molar-refractivity contribution in [3.8, 4) is 0 Å². The molecule has 0 bridgehead atoms. The number of thiophene rings is 1. The molecular weight excluding hydrogens is 375 g/mol. The van der Waals surface area contributed by atoms with Crippen molar-refractivity contribution in [3.63, 3.8) is 0 Å². The quantitative estimate of drug-likeness (QED) is 0.622. The number of halogens is 1. The fourth-order valence-corrected chi connectivity index (χ4v) is 3.46. The third-order valence-electron chi connectivity index (χ3n) is 4.24. The summed E-state index contributed by atoms with van der Waals surface area (Å²) in [5, 5.41) is 15.4. The van der Waals surface area contributed by atoms with Gasteiger partial charge in [0.1, 0.15) is 0 Å². The van der Waals surface area contributed by atoms with Crippen LogP contribution >= 0.6 is 11.3 Å². The van der Waals surface area contributed by atoms with E-state index in [4.69, 9.17) is 0 Å². The molecule has 142 valence electrons. The van der Waals surface area contributed by atoms with Crippen LogP contribution in [-0.4, -0.2) is 59.3 Å². The second kappa shape index (κ2) is 8.12. The highest BCUT2D eigenvalue weighted by molar-refractivity contribution is 7.12. The number of hydrogen-bond acceptors (Lipinski definition) is 6. The van der Waals surface area contributed by atoms with Gasteiger partial charge in [-0.15, -0.1) is 11.3 Å². The highest BCUT2D eigenvalue weighted by Gasteiger charge is 2.25. The zero-order valence-corrected chi connectivity index (χ0v) is 15.1. The third kappa shape index (κ3) is 4.40. The maximum Gasteiger partial charge on any atom is 0.306 e. The van der Waals surface area contributed by atoms with Gasteiger partial charge in [-0.05, 0) is 23.6 Å². The SMILES string of the molecule is O=C(CNc1ccc(F)c([N+](=O)[O-])c1)N1CCN(C(=O)c2cccs2)CC1. The Morgan fingerprint density at radius 3 is 2.52 bits per heavy atom. The number of piperazine rings is 1. The highest BCUT2D eigenvalue weighted by atomic mass is 32.1. The van der Waals surface area contributed by atoms with E-state index in [0.717, 1.165) is 12.1 Å². The van der Waals surface area contributed by atoms with Gasteiger partial charge in [0, 0.05) is 37.9 Å². The Balaban J connectivity index is 1.51. The lowest BCUT2D eigenvalue weighted by Gasteiger charge is -2.34. The first kappa shape index (κ1) is 18.8. The molecule has 1 saturated heterocycles. The normalized spacial score (nSPS) is 14.1. The summed E-state index contributed by atoms with van der Waals surface area (Å²) < 4.78 is 13.3. The number of hydrogen-bond donors (Lipinski definition) is 1. The summed E-state index contributed by atoms with van der Waals surface area (Å²) in [5.41, 5.74) is -0.351. The Labute approximate surface area is 158 Å². The number of anilines is 1. The lowest BCUT2D eigenvalue weighted by atomic mass is 10.2. The number of benzene rings is 1. The van der Waals surface area contributed by atoms with Gasteiger partial charge in [0.2, 0.25) is 11.7 Å². The van der Waals surface area contributed by atoms with E-state index >= 15 is 0 Å². The molecule has 1 aromatic carbocycles. The van der Waals surface area contributed by atoms with Crippen LogP contribution in [0, 0.1) is 15.9 Å². The van der Waals surface area contributed by atoms with Crippen molar-refractivity contribution in [2.45, 2.75) is 0 Å². The van der Waals surface area contributed by atoms with Gasteiger partial charge in [0.25, 0.3) is 5.91 Å². The van der Waals surface area contributed by atoms with Crippen LogP contribution in [0.1, 0.15) is 9.67 Å². The number of nitro groups is 1. The van der Waals surface area contributed by atoms with Crippen molar-refractivity contribution in [2.24, 2.45) is 0 Å². The zero-order valence-electron chi connectivity index (χ0n) is 14.3. The predicted molar refractivity (Wildman–Crippen MR) is 98.3 cm³/mol. The first-order chi connectivity index (χ1) is 13.0. The maximum atomic E-state index is 13.3. The molecule has 1 aliphatic rings. The van der Waals surface area contributed by atoms with Crippen LogP contribution < -0.4 is 5.32 Å². The molecule has 3 rings (SSSR count). The molecule has 0 spiro atoms. The number of carbonyl (C=O) groups is 2. The monoisotopic (exact) mass is 392 g/mol. The first-order valence-corrected chi connectivity index (χ1v) is 9.12. The molecule has 1 fully saturated rings. The van der Waals surface area contributed by atoms with E-state index < -0.39 is 16.4 Å². The molecule has 8 nitrogen and oxygen atoms in total. The molecule has 0 aliphatic carbocycles. The van der Waals surface area contributed by atoms with Crippen LogP contribution in [0.3, 0.4) is 0 Å². The second-order valence-corrected chi connectivity index (χ2v) is 6.87. The Morgan fingerprint density at radius 1 is 1.19 bits per heavy atom. The lowest BCUT2D eigenvalue weighted by Crippen LogP contribution is -2.51. The molecule has 27 heavy (non-hydrogen) atoms. The minimum atomic E-state index is -0.927. The Kier molecular flexibility index (Phi) is 5.65. The Morgan fingerprint density at radius 2 is 1.89 bits per heavy atom. The van der Waals surface area contributed by atoms with E-state index in [9.17, 15) is 24.1 Å². The van der Waals surface area contributed by atoms with Gasteiger partial charge in [-0.1, -0.05) is 6.07 Å². The minimum Gasteiger partial charge on any atom is -0.376 e. The van der Waals surface area contributed by atoms with Crippen molar-refractivity contribution in [2.75, 3.05) is 38.0 Å². The van der Waals surface area contributed by atoms with Crippen LogP contribution in [0.4, 0.5) is 15.8 Å². The van der Waals surface area contributed by atoms with Gasteiger partial charge in [0.05, 0.1) is 16.3 Å². The highest BCUT2D eigenvalue weighted by Crippen LogP contribution is 2.21. The summed E-state index contributed by atoms with van der Waals surface area (Å²) in [6.45, 7) is 1.67. The van der Waals surface area contributed by atoms with E-state index in [2.05, 4.69) is 5.32 Å². The number of nitrogens with zero attached hydrogens (tertiary/aromatic N) is 3. The number of nitro benzene ring substituents is 1. The molecule has 2 heterocycles. The van der Waals surface area contributed by atoms with Crippen LogP contribution in [0.5, 0.6) is 0 Å². The van der Waals surface area contributed by atoms with Gasteiger partial charge in [-0.3, -0.25) is 19.7 Å². The number of carbonyl (C=O) groups excluding carboxylic acids is 2. The summed E-state index contributed by atoms with van der Waals surface area (Å²) in [4.78, 5) is 38.6. The molecule has 10 heteroatoms. The third-order valence-corrected chi connectivity index (χ3v) is 5.10. The molecule has 0 saturated carbocycles. The fourth-order valence-electron chi connectivity index (χ4n) is 2.77. The number of nitrogens with one attached hydrogen (secondary N) is 1. The van der Waals surface area contributed by atoms with Crippen molar-refractivity contribution >= 4 is 34.5 Å². The smallest absolute Gasteiger partial charge is 0.306 e. The van der Waals surface area contributed by atoms with Gasteiger partial charge < -0.3 is 15.1 Å². The van der Waals surface area contributed by atoms with Crippen LogP contribution in [0.25, 0.3) is 0 Å². The summed E-state index contributed by atoms with van der Waals surface area (Å²) in [6, 6.07) is 6.98. The van der Waals surface area contributed by atoms with Gasteiger partial charge in [-0.25, -0.2) is 0 Å². The van der Waals surface area contributed by atoms with Crippen molar-refractivity contribution in [1.82, 2.24) is 9.80 Å². The maximum absolute atomic E-state index is 13.3. The van der Waals surface area contributed by atoms with Gasteiger partial charge in [0.15, 0.2) is 0 Å². The van der Waals surface area contributed by atoms with Crippen molar-refractivity contribution < 1.29 is 18.9 Å². The molecule has 0 atom stereocenters. The molecular formula is C17H17FN4O4S. The van der Waals surface area contributed by atoms with E-state index in [1.807, 2.05) is 11.4 Å². The molecule has 1 N–H and O–H groups in total. The lowest BCUT2D eigenvalue weighted by molar-refractivity contribution is -0.387. The second-order valence-electron chi connectivity index (χ2n) is 5.93. The molecule has 2 aromatic rings. The van der Waals surface area contributed by atoms with Gasteiger partial charge >= 0.3 is 5.69 Å². The molecule has 0 unspecified atom stereocenters. The summed E-state index contributed by atoms with van der Waals surface area (Å²) >= 11 is 1.39. The standard InChI is InChI=1S/C17H17FN4O4S/c18-13-4-3-12(10-14(13)22(25)26)19-11-16(23)20-5-7-21(8-6-20)17(24)15-2-1-9-27-15/h1-4,9-10,19H,5-8,11H2.